The van der Waals surface area contributed by atoms with Crippen LogP contribution in [0.1, 0.15) is 17.4 Å². The molecule has 8 nitrogen and oxygen atoms in total. The Kier molecular flexibility index (Phi) is 3.95. The second-order valence-electron chi connectivity index (χ2n) is 4.66. The van der Waals surface area contributed by atoms with E-state index in [1.807, 2.05) is 0 Å². The van der Waals surface area contributed by atoms with E-state index in [9.17, 15) is 14.5 Å². The Morgan fingerprint density at radius 3 is 3.14 bits per heavy atom. The lowest BCUT2D eigenvalue weighted by atomic mass is 10.2. The van der Waals surface area contributed by atoms with E-state index in [1.165, 1.54) is 16.9 Å². The highest BCUT2D eigenvalue weighted by Gasteiger charge is 2.37. The monoisotopic (exact) mass is 313 g/mol. The van der Waals surface area contributed by atoms with Crippen LogP contribution >= 0.6 is 8.38 Å². The van der Waals surface area contributed by atoms with Crippen LogP contribution in [-0.2, 0) is 9.26 Å². The molecule has 0 aromatic carbocycles. The molecule has 3 heterocycles. The van der Waals surface area contributed by atoms with Gasteiger partial charge in [-0.3, -0.25) is 14.3 Å². The number of aromatic nitrogens is 1. The highest BCUT2D eigenvalue weighted by Crippen LogP contribution is 2.31. The molecule has 0 saturated carbocycles. The summed E-state index contributed by atoms with van der Waals surface area (Å²) in [6.07, 6.45) is 1.21. The molecule has 114 valence electrons. The fourth-order valence-electron chi connectivity index (χ4n) is 2.46. The maximum atomic E-state index is 12.6. The van der Waals surface area contributed by atoms with Crippen LogP contribution < -0.4 is 16.2 Å². The number of fused-ring (bicyclic) bond motifs is 2. The van der Waals surface area contributed by atoms with Gasteiger partial charge in [0.1, 0.15) is 17.2 Å². The molecule has 0 spiro atoms. The number of ether oxygens (including phenoxy) is 1. The number of hydrogen-bond acceptors (Lipinski definition) is 6. The van der Waals surface area contributed by atoms with Crippen molar-refractivity contribution in [2.45, 2.75) is 13.1 Å². The third kappa shape index (κ3) is 2.44. The lowest BCUT2D eigenvalue weighted by Gasteiger charge is -2.41. The van der Waals surface area contributed by atoms with E-state index in [2.05, 4.69) is 5.43 Å². The molecule has 21 heavy (non-hydrogen) atoms. The van der Waals surface area contributed by atoms with Gasteiger partial charge in [0.15, 0.2) is 5.43 Å². The molecule has 2 unspecified atom stereocenters. The summed E-state index contributed by atoms with van der Waals surface area (Å²) in [4.78, 5) is 36.4. The van der Waals surface area contributed by atoms with Gasteiger partial charge in [0.2, 0.25) is 8.38 Å². The van der Waals surface area contributed by atoms with E-state index in [-0.39, 0.29) is 29.7 Å². The maximum Gasteiger partial charge on any atom is 0.275 e. The van der Waals surface area contributed by atoms with Crippen molar-refractivity contribution in [2.75, 3.05) is 31.8 Å². The second-order valence-corrected chi connectivity index (χ2v) is 5.91. The van der Waals surface area contributed by atoms with Crippen LogP contribution in [0.2, 0.25) is 0 Å². The summed E-state index contributed by atoms with van der Waals surface area (Å²) in [5.74, 6) is -0.295. The molecule has 0 aliphatic carbocycles. The molecule has 1 aromatic heterocycles. The predicted molar refractivity (Wildman–Crippen MR) is 76.1 cm³/mol. The summed E-state index contributed by atoms with van der Waals surface area (Å²) >= 11 is 0. The highest BCUT2D eigenvalue weighted by atomic mass is 31.2. The third-order valence-corrected chi connectivity index (χ3v) is 4.71. The summed E-state index contributed by atoms with van der Waals surface area (Å²) in [5, 5.41) is 0.0248. The van der Waals surface area contributed by atoms with E-state index in [0.717, 1.165) is 0 Å². The molecule has 2 aliphatic rings. The maximum absolute atomic E-state index is 12.6. The Morgan fingerprint density at radius 2 is 2.38 bits per heavy atom. The van der Waals surface area contributed by atoms with Crippen molar-refractivity contribution in [3.8, 4) is 0 Å². The molecule has 1 saturated heterocycles. The van der Waals surface area contributed by atoms with Gasteiger partial charge < -0.3 is 24.5 Å². The largest absolute Gasteiger partial charge is 0.375 e. The van der Waals surface area contributed by atoms with Gasteiger partial charge >= 0.3 is 0 Å². The third-order valence-electron chi connectivity index (χ3n) is 3.40. The van der Waals surface area contributed by atoms with Crippen molar-refractivity contribution in [1.29, 1.82) is 0 Å². The Bertz CT molecular complexity index is 619. The Labute approximate surface area is 122 Å². The van der Waals surface area contributed by atoms with Crippen LogP contribution in [0.5, 0.6) is 0 Å². The molecule has 1 amide bonds. The quantitative estimate of drug-likeness (QED) is 0.708. The average molecular weight is 313 g/mol. The molecule has 2 aliphatic heterocycles. The highest BCUT2D eigenvalue weighted by molar-refractivity contribution is 7.55. The molecule has 2 N–H and O–H groups in total. The SMILES string of the molecule is CCOP(O)c1c2n(ccc1=O)NC1COCCN1C2=O. The second kappa shape index (κ2) is 5.73. The van der Waals surface area contributed by atoms with Crippen molar-refractivity contribution in [3.05, 3.63) is 28.2 Å². The number of morpholine rings is 1. The van der Waals surface area contributed by atoms with E-state index in [1.54, 1.807) is 11.8 Å². The van der Waals surface area contributed by atoms with Crippen molar-refractivity contribution >= 4 is 19.6 Å². The van der Waals surface area contributed by atoms with Crippen molar-refractivity contribution in [1.82, 2.24) is 9.58 Å². The van der Waals surface area contributed by atoms with Crippen LogP contribution in [0.25, 0.3) is 0 Å². The van der Waals surface area contributed by atoms with Gasteiger partial charge in [-0.05, 0) is 6.92 Å². The first-order valence-electron chi connectivity index (χ1n) is 6.66. The Morgan fingerprint density at radius 1 is 1.57 bits per heavy atom. The zero-order valence-corrected chi connectivity index (χ0v) is 12.4. The van der Waals surface area contributed by atoms with Gasteiger partial charge in [-0.2, -0.15) is 0 Å². The van der Waals surface area contributed by atoms with Gasteiger partial charge in [-0.25, -0.2) is 0 Å². The fourth-order valence-corrected chi connectivity index (χ4v) is 3.48. The van der Waals surface area contributed by atoms with Crippen molar-refractivity contribution in [2.24, 2.45) is 0 Å². The first-order valence-corrected chi connectivity index (χ1v) is 7.87. The summed E-state index contributed by atoms with van der Waals surface area (Å²) in [5.41, 5.74) is 2.84. The number of hydrogen-bond donors (Lipinski definition) is 2. The molecule has 9 heteroatoms. The standard InChI is InChI=1S/C12H16N3O5P/c1-2-20-21(18)11-8(16)3-4-15-10(11)12(17)14-5-6-19-7-9(14)13-15/h3-4,9,13,18H,2,5-7H2,1H3. The normalized spacial score (nSPS) is 22.3. The van der Waals surface area contributed by atoms with Crippen LogP contribution in [0.15, 0.2) is 17.1 Å². The Hall–Kier alpha value is -1.47. The van der Waals surface area contributed by atoms with Gasteiger partial charge in [-0.1, -0.05) is 0 Å². The molecule has 0 bridgehead atoms. The molecular weight excluding hydrogens is 297 g/mol. The van der Waals surface area contributed by atoms with Gasteiger partial charge in [-0.15, -0.1) is 0 Å². The van der Waals surface area contributed by atoms with E-state index in [0.29, 0.717) is 19.8 Å². The molecule has 2 atom stereocenters. The fraction of sp³-hybridized carbons (Fsp3) is 0.500. The van der Waals surface area contributed by atoms with Crippen LogP contribution in [0, 0.1) is 0 Å². The molecule has 1 fully saturated rings. The number of carbonyl (C=O) groups is 1. The minimum Gasteiger partial charge on any atom is -0.375 e. The molecule has 1 aromatic rings. The summed E-state index contributed by atoms with van der Waals surface area (Å²) in [6, 6.07) is 1.31. The number of nitrogens with one attached hydrogen (secondary N) is 1. The number of nitrogens with zero attached hydrogens (tertiary/aromatic N) is 2. The van der Waals surface area contributed by atoms with E-state index < -0.39 is 13.8 Å². The number of pyridine rings is 1. The van der Waals surface area contributed by atoms with Crippen molar-refractivity contribution < 1.29 is 18.9 Å². The summed E-state index contributed by atoms with van der Waals surface area (Å²) in [6.45, 7) is 3.26. The van der Waals surface area contributed by atoms with Gasteiger partial charge in [0.05, 0.1) is 19.8 Å². The summed E-state index contributed by atoms with van der Waals surface area (Å²) < 4.78 is 12.0. The zero-order valence-electron chi connectivity index (χ0n) is 11.5. The topological polar surface area (TPSA) is 93.0 Å². The Balaban J connectivity index is 2.09. The van der Waals surface area contributed by atoms with Crippen molar-refractivity contribution in [3.63, 3.8) is 0 Å². The van der Waals surface area contributed by atoms with Gasteiger partial charge in [0.25, 0.3) is 5.91 Å². The minimum atomic E-state index is -2.11. The van der Waals surface area contributed by atoms with Gasteiger partial charge in [0, 0.05) is 18.8 Å². The lowest BCUT2D eigenvalue weighted by Crippen LogP contribution is -2.61. The van der Waals surface area contributed by atoms with E-state index >= 15 is 0 Å². The molecular formula is C12H16N3O5P. The first kappa shape index (κ1) is 14.5. The van der Waals surface area contributed by atoms with E-state index in [4.69, 9.17) is 9.26 Å². The predicted octanol–water partition coefficient (Wildman–Crippen LogP) is -0.830. The zero-order chi connectivity index (χ0) is 15.0. The first-order chi connectivity index (χ1) is 10.1. The molecule has 0 radical (unpaired) electrons. The minimum absolute atomic E-state index is 0.0248. The number of carbonyl (C=O) groups excluding carboxylic acids is 1. The van der Waals surface area contributed by atoms with Crippen LogP contribution in [-0.4, -0.2) is 52.9 Å². The number of rotatable bonds is 3. The molecule has 3 rings (SSSR count). The van der Waals surface area contributed by atoms with Crippen LogP contribution in [0.4, 0.5) is 0 Å². The summed E-state index contributed by atoms with van der Waals surface area (Å²) in [7, 11) is -2.11. The lowest BCUT2D eigenvalue weighted by molar-refractivity contribution is -0.00269. The smallest absolute Gasteiger partial charge is 0.275 e. The average Bonchev–Trinajstić information content (AvgIpc) is 2.48. The van der Waals surface area contributed by atoms with Crippen LogP contribution in [0.3, 0.4) is 0 Å². The number of amides is 1.